The Morgan fingerprint density at radius 1 is 1.06 bits per heavy atom. The third kappa shape index (κ3) is 3.21. The van der Waals surface area contributed by atoms with Crippen LogP contribution in [0.25, 0.3) is 0 Å². The lowest BCUT2D eigenvalue weighted by Gasteiger charge is -2.09. The van der Waals surface area contributed by atoms with E-state index in [9.17, 15) is 8.78 Å². The molecule has 94 valence electrons. The number of rotatable bonds is 3. The van der Waals surface area contributed by atoms with Crippen LogP contribution in [0.15, 0.2) is 40.9 Å². The van der Waals surface area contributed by atoms with Crippen LogP contribution in [0.3, 0.4) is 0 Å². The zero-order chi connectivity index (χ0) is 13.1. The minimum atomic E-state index is -0.424. The Hall–Kier alpha value is -1.13. The maximum atomic E-state index is 13.0. The van der Waals surface area contributed by atoms with Gasteiger partial charge in [-0.05, 0) is 24.3 Å². The first-order valence-electron chi connectivity index (χ1n) is 5.08. The molecule has 0 unspecified atom stereocenters. The van der Waals surface area contributed by atoms with Gasteiger partial charge < -0.3 is 4.74 Å². The first-order chi connectivity index (χ1) is 8.56. The summed E-state index contributed by atoms with van der Waals surface area (Å²) in [5.41, 5.74) is 0.747. The molecule has 0 amide bonds. The highest BCUT2D eigenvalue weighted by atomic mass is 79.9. The minimum Gasteiger partial charge on any atom is -0.487 e. The fourth-order valence-electron chi connectivity index (χ4n) is 1.38. The summed E-state index contributed by atoms with van der Waals surface area (Å²) < 4.78 is 31.9. The fraction of sp³-hybridized carbons (Fsp3) is 0.0769. The van der Waals surface area contributed by atoms with Crippen LogP contribution < -0.4 is 4.74 Å². The monoisotopic (exact) mass is 332 g/mol. The predicted molar refractivity (Wildman–Crippen MR) is 69.8 cm³/mol. The van der Waals surface area contributed by atoms with Crippen molar-refractivity contribution in [3.8, 4) is 5.75 Å². The standard InChI is InChI=1S/C13H8BrClF2O/c14-11-5-9(16)2-1-8(11)7-18-13-6-10(17)3-4-12(13)15/h1-6H,7H2. The molecular weight excluding hydrogens is 325 g/mol. The van der Waals surface area contributed by atoms with Crippen molar-refractivity contribution in [3.63, 3.8) is 0 Å². The number of benzene rings is 2. The molecule has 18 heavy (non-hydrogen) atoms. The molecule has 0 aromatic heterocycles. The van der Waals surface area contributed by atoms with Crippen LogP contribution in [0.5, 0.6) is 5.75 Å². The molecule has 0 saturated heterocycles. The first kappa shape index (κ1) is 13.3. The molecule has 2 aromatic carbocycles. The van der Waals surface area contributed by atoms with E-state index in [0.29, 0.717) is 9.50 Å². The molecule has 0 bridgehead atoms. The Bertz CT molecular complexity index is 575. The van der Waals surface area contributed by atoms with Gasteiger partial charge in [-0.25, -0.2) is 8.78 Å². The molecule has 0 aliphatic carbocycles. The fourth-order valence-corrected chi connectivity index (χ4v) is 2.02. The number of halogens is 4. The molecule has 0 spiro atoms. The van der Waals surface area contributed by atoms with E-state index in [1.54, 1.807) is 6.07 Å². The molecule has 0 aliphatic heterocycles. The smallest absolute Gasteiger partial charge is 0.141 e. The highest BCUT2D eigenvalue weighted by Crippen LogP contribution is 2.27. The van der Waals surface area contributed by atoms with Gasteiger partial charge in [0.2, 0.25) is 0 Å². The second kappa shape index (κ2) is 5.67. The molecule has 2 aromatic rings. The maximum absolute atomic E-state index is 13.0. The van der Waals surface area contributed by atoms with Crippen molar-refractivity contribution in [3.05, 3.63) is 63.1 Å². The van der Waals surface area contributed by atoms with Gasteiger partial charge >= 0.3 is 0 Å². The largest absolute Gasteiger partial charge is 0.487 e. The SMILES string of the molecule is Fc1ccc(COc2cc(F)ccc2Cl)c(Br)c1. The third-order valence-electron chi connectivity index (χ3n) is 2.29. The van der Waals surface area contributed by atoms with E-state index in [2.05, 4.69) is 15.9 Å². The average molecular weight is 334 g/mol. The lowest BCUT2D eigenvalue weighted by molar-refractivity contribution is 0.304. The van der Waals surface area contributed by atoms with Crippen LogP contribution in [-0.2, 0) is 6.61 Å². The van der Waals surface area contributed by atoms with Gasteiger partial charge in [-0.3, -0.25) is 0 Å². The van der Waals surface area contributed by atoms with Crippen LogP contribution in [0.2, 0.25) is 5.02 Å². The van der Waals surface area contributed by atoms with E-state index < -0.39 is 5.82 Å². The van der Waals surface area contributed by atoms with Gasteiger partial charge in [-0.2, -0.15) is 0 Å². The molecule has 0 N–H and O–H groups in total. The summed E-state index contributed by atoms with van der Waals surface area (Å²) in [5.74, 6) is -0.505. The zero-order valence-electron chi connectivity index (χ0n) is 9.09. The summed E-state index contributed by atoms with van der Waals surface area (Å²) in [6.45, 7) is 0.171. The summed E-state index contributed by atoms with van der Waals surface area (Å²) >= 11 is 9.09. The topological polar surface area (TPSA) is 9.23 Å². The summed E-state index contributed by atoms with van der Waals surface area (Å²) in [6, 6.07) is 8.14. The minimum absolute atomic E-state index is 0.171. The van der Waals surface area contributed by atoms with Crippen molar-refractivity contribution in [1.82, 2.24) is 0 Å². The van der Waals surface area contributed by atoms with E-state index in [4.69, 9.17) is 16.3 Å². The van der Waals surface area contributed by atoms with Crippen LogP contribution >= 0.6 is 27.5 Å². The van der Waals surface area contributed by atoms with Gasteiger partial charge in [0, 0.05) is 16.1 Å². The van der Waals surface area contributed by atoms with Crippen molar-refractivity contribution < 1.29 is 13.5 Å². The second-order valence-corrected chi connectivity index (χ2v) is 4.86. The van der Waals surface area contributed by atoms with E-state index >= 15 is 0 Å². The molecule has 1 nitrogen and oxygen atoms in total. The van der Waals surface area contributed by atoms with Crippen molar-refractivity contribution in [2.45, 2.75) is 6.61 Å². The van der Waals surface area contributed by atoms with Crippen LogP contribution in [0, 0.1) is 11.6 Å². The van der Waals surface area contributed by atoms with Gasteiger partial charge in [-0.1, -0.05) is 33.6 Å². The molecule has 0 fully saturated rings. The van der Waals surface area contributed by atoms with Crippen LogP contribution in [0.1, 0.15) is 5.56 Å². The molecule has 0 atom stereocenters. The van der Waals surface area contributed by atoms with Gasteiger partial charge in [0.15, 0.2) is 0 Å². The van der Waals surface area contributed by atoms with E-state index in [0.717, 1.165) is 5.56 Å². The Balaban J connectivity index is 2.13. The summed E-state index contributed by atoms with van der Waals surface area (Å²) in [7, 11) is 0. The number of hydrogen-bond acceptors (Lipinski definition) is 1. The highest BCUT2D eigenvalue weighted by Gasteiger charge is 2.06. The molecule has 5 heteroatoms. The molecule has 0 radical (unpaired) electrons. The Morgan fingerprint density at radius 2 is 1.72 bits per heavy atom. The normalized spacial score (nSPS) is 10.4. The Morgan fingerprint density at radius 3 is 2.44 bits per heavy atom. The molecular formula is C13H8BrClF2O. The number of hydrogen-bond donors (Lipinski definition) is 0. The van der Waals surface area contributed by atoms with Crippen LogP contribution in [-0.4, -0.2) is 0 Å². The van der Waals surface area contributed by atoms with Gasteiger partial charge in [-0.15, -0.1) is 0 Å². The summed E-state index contributed by atoms with van der Waals surface area (Å²) in [4.78, 5) is 0. The van der Waals surface area contributed by atoms with Crippen molar-refractivity contribution in [1.29, 1.82) is 0 Å². The quantitative estimate of drug-likeness (QED) is 0.771. The predicted octanol–water partition coefficient (Wildman–Crippen LogP) is 4.96. The Labute approximate surface area is 116 Å². The van der Waals surface area contributed by atoms with E-state index in [1.807, 2.05) is 0 Å². The van der Waals surface area contributed by atoms with Gasteiger partial charge in [0.1, 0.15) is 24.0 Å². The van der Waals surface area contributed by atoms with E-state index in [-0.39, 0.29) is 18.2 Å². The van der Waals surface area contributed by atoms with Crippen molar-refractivity contribution >= 4 is 27.5 Å². The van der Waals surface area contributed by atoms with Crippen molar-refractivity contribution in [2.75, 3.05) is 0 Å². The number of ether oxygens (including phenoxy) is 1. The summed E-state index contributed by atoms with van der Waals surface area (Å²) in [6.07, 6.45) is 0. The summed E-state index contributed by atoms with van der Waals surface area (Å²) in [5, 5.41) is 0.328. The Kier molecular flexibility index (Phi) is 4.19. The second-order valence-electron chi connectivity index (χ2n) is 3.60. The lowest BCUT2D eigenvalue weighted by Crippen LogP contribution is -1.97. The molecule has 2 rings (SSSR count). The molecule has 0 aliphatic rings. The van der Waals surface area contributed by atoms with E-state index in [1.165, 1.54) is 30.3 Å². The van der Waals surface area contributed by atoms with Crippen molar-refractivity contribution in [2.24, 2.45) is 0 Å². The average Bonchev–Trinajstić information content (AvgIpc) is 2.32. The maximum Gasteiger partial charge on any atom is 0.141 e. The van der Waals surface area contributed by atoms with Gasteiger partial charge in [0.05, 0.1) is 5.02 Å². The molecule has 0 saturated carbocycles. The van der Waals surface area contributed by atoms with Gasteiger partial charge in [0.25, 0.3) is 0 Å². The lowest BCUT2D eigenvalue weighted by atomic mass is 10.2. The van der Waals surface area contributed by atoms with Crippen LogP contribution in [0.4, 0.5) is 8.78 Å². The third-order valence-corrected chi connectivity index (χ3v) is 3.34. The zero-order valence-corrected chi connectivity index (χ0v) is 11.4. The first-order valence-corrected chi connectivity index (χ1v) is 6.25. The highest BCUT2D eigenvalue weighted by molar-refractivity contribution is 9.10. The molecule has 0 heterocycles.